The minimum absolute atomic E-state index is 0.0412. The Morgan fingerprint density at radius 1 is 1.11 bits per heavy atom. The molecule has 2 atom stereocenters. The number of nitrogens with zero attached hydrogens (tertiary/aromatic N) is 2. The van der Waals surface area contributed by atoms with Crippen molar-refractivity contribution < 1.29 is 4.79 Å². The molecular formula is C21H21N5OS. The number of benzene rings is 1. The molecule has 28 heavy (non-hydrogen) atoms. The first-order chi connectivity index (χ1) is 13.7. The molecule has 3 heterocycles. The van der Waals surface area contributed by atoms with Gasteiger partial charge < -0.3 is 20.5 Å². The fourth-order valence-electron chi connectivity index (χ4n) is 3.48. The molecule has 0 radical (unpaired) electrons. The number of aromatic amines is 1. The van der Waals surface area contributed by atoms with Crippen molar-refractivity contribution in [1.82, 2.24) is 20.2 Å². The topological polar surface area (TPSA) is 73.0 Å². The van der Waals surface area contributed by atoms with E-state index in [0.717, 1.165) is 17.1 Å². The molecule has 1 amide bonds. The summed E-state index contributed by atoms with van der Waals surface area (Å²) >= 11 is 5.59. The van der Waals surface area contributed by atoms with E-state index < -0.39 is 0 Å². The number of carbonyl (C=O) groups excluding carboxylic acids is 1. The lowest BCUT2D eigenvalue weighted by molar-refractivity contribution is -0.116. The molecule has 1 aliphatic rings. The molecule has 2 aromatic heterocycles. The zero-order valence-corrected chi connectivity index (χ0v) is 16.0. The molecule has 1 fully saturated rings. The number of pyridine rings is 1. The number of hydrogen-bond acceptors (Lipinski definition) is 3. The van der Waals surface area contributed by atoms with Crippen LogP contribution in [0.1, 0.15) is 29.9 Å². The van der Waals surface area contributed by atoms with Crippen LogP contribution in [0.4, 0.5) is 5.69 Å². The van der Waals surface area contributed by atoms with E-state index in [0.29, 0.717) is 18.1 Å². The molecule has 7 heteroatoms. The van der Waals surface area contributed by atoms with Crippen molar-refractivity contribution in [3.05, 3.63) is 84.4 Å². The van der Waals surface area contributed by atoms with Crippen LogP contribution in [0.3, 0.4) is 0 Å². The Labute approximate surface area is 169 Å². The van der Waals surface area contributed by atoms with Gasteiger partial charge in [-0.3, -0.25) is 9.78 Å². The first kappa shape index (κ1) is 18.2. The highest BCUT2D eigenvalue weighted by molar-refractivity contribution is 7.80. The largest absolute Gasteiger partial charge is 0.363 e. The zero-order chi connectivity index (χ0) is 19.3. The number of nitrogens with one attached hydrogen (secondary N) is 3. The summed E-state index contributed by atoms with van der Waals surface area (Å²) < 4.78 is 0. The standard InChI is InChI=1S/C21H21N5OS/c27-18(24-15-7-2-1-3-8-15)11-14-26-20(17-10-6-13-23-17)19(25-21(26)28)16-9-4-5-12-22-16/h1-10,12-13,19-20,23H,11,14H2,(H,24,27)(H,25,28)/t19-,20-/m1/s1. The summed E-state index contributed by atoms with van der Waals surface area (Å²) in [4.78, 5) is 22.2. The maximum absolute atomic E-state index is 12.4. The summed E-state index contributed by atoms with van der Waals surface area (Å²) in [6.45, 7) is 0.511. The van der Waals surface area contributed by atoms with E-state index >= 15 is 0 Å². The Balaban J connectivity index is 1.50. The van der Waals surface area contributed by atoms with Crippen molar-refractivity contribution in [1.29, 1.82) is 0 Å². The fourth-order valence-corrected chi connectivity index (χ4v) is 3.81. The van der Waals surface area contributed by atoms with Crippen LogP contribution >= 0.6 is 12.2 Å². The van der Waals surface area contributed by atoms with Crippen LogP contribution in [0, 0.1) is 0 Å². The highest BCUT2D eigenvalue weighted by atomic mass is 32.1. The van der Waals surface area contributed by atoms with E-state index in [4.69, 9.17) is 12.2 Å². The number of thiocarbonyl (C=S) groups is 1. The maximum Gasteiger partial charge on any atom is 0.226 e. The van der Waals surface area contributed by atoms with Gasteiger partial charge in [-0.1, -0.05) is 24.3 Å². The quantitative estimate of drug-likeness (QED) is 0.562. The van der Waals surface area contributed by atoms with E-state index in [1.54, 1.807) is 6.20 Å². The maximum atomic E-state index is 12.4. The molecule has 0 aliphatic carbocycles. The number of carbonyl (C=O) groups is 1. The molecule has 0 spiro atoms. The van der Waals surface area contributed by atoms with Gasteiger partial charge in [0.25, 0.3) is 0 Å². The Morgan fingerprint density at radius 3 is 2.64 bits per heavy atom. The fraction of sp³-hybridized carbons (Fsp3) is 0.190. The average Bonchev–Trinajstić information content (AvgIpc) is 3.35. The highest BCUT2D eigenvalue weighted by Crippen LogP contribution is 2.37. The SMILES string of the molecule is O=C(CCN1C(=S)N[C@H](c2ccccn2)[C@H]1c1ccc[nH]1)Nc1ccccc1. The normalized spacial score (nSPS) is 18.7. The minimum atomic E-state index is -0.0791. The van der Waals surface area contributed by atoms with Crippen LogP contribution in [0.5, 0.6) is 0 Å². The monoisotopic (exact) mass is 391 g/mol. The van der Waals surface area contributed by atoms with Crippen LogP contribution in [-0.4, -0.2) is 32.4 Å². The first-order valence-corrected chi connectivity index (χ1v) is 9.59. The van der Waals surface area contributed by atoms with Crippen LogP contribution in [0.2, 0.25) is 0 Å². The van der Waals surface area contributed by atoms with Gasteiger partial charge in [-0.25, -0.2) is 0 Å². The Kier molecular flexibility index (Phi) is 5.34. The lowest BCUT2D eigenvalue weighted by atomic mass is 10.0. The van der Waals surface area contributed by atoms with Crippen molar-refractivity contribution in [3.8, 4) is 0 Å². The van der Waals surface area contributed by atoms with Gasteiger partial charge in [-0.05, 0) is 48.6 Å². The summed E-state index contributed by atoms with van der Waals surface area (Å²) in [5, 5.41) is 6.93. The minimum Gasteiger partial charge on any atom is -0.363 e. The van der Waals surface area contributed by atoms with Gasteiger partial charge in [0, 0.05) is 36.7 Å². The highest BCUT2D eigenvalue weighted by Gasteiger charge is 2.40. The summed E-state index contributed by atoms with van der Waals surface area (Å²) in [6, 6.07) is 19.2. The zero-order valence-electron chi connectivity index (χ0n) is 15.2. The lowest BCUT2D eigenvalue weighted by Gasteiger charge is -2.26. The second-order valence-electron chi connectivity index (χ2n) is 6.61. The number of hydrogen-bond donors (Lipinski definition) is 3. The number of H-pyrrole nitrogens is 1. The number of amides is 1. The van der Waals surface area contributed by atoms with Crippen LogP contribution in [0.15, 0.2) is 73.1 Å². The molecule has 1 aromatic carbocycles. The lowest BCUT2D eigenvalue weighted by Crippen LogP contribution is -2.32. The van der Waals surface area contributed by atoms with Crippen LogP contribution < -0.4 is 10.6 Å². The molecule has 6 nitrogen and oxygen atoms in total. The Morgan fingerprint density at radius 2 is 1.93 bits per heavy atom. The van der Waals surface area contributed by atoms with Gasteiger partial charge >= 0.3 is 0 Å². The van der Waals surface area contributed by atoms with Gasteiger partial charge in [-0.2, -0.15) is 0 Å². The molecule has 0 bridgehead atoms. The van der Waals surface area contributed by atoms with Gasteiger partial charge in [-0.15, -0.1) is 0 Å². The summed E-state index contributed by atoms with van der Waals surface area (Å²) in [5.41, 5.74) is 2.74. The van der Waals surface area contributed by atoms with E-state index in [-0.39, 0.29) is 18.0 Å². The first-order valence-electron chi connectivity index (χ1n) is 9.18. The Hall–Kier alpha value is -3.19. The predicted molar refractivity (Wildman–Crippen MR) is 113 cm³/mol. The van der Waals surface area contributed by atoms with Gasteiger partial charge in [0.15, 0.2) is 5.11 Å². The third-order valence-corrected chi connectivity index (χ3v) is 5.13. The molecule has 3 aromatic rings. The van der Waals surface area contributed by atoms with Gasteiger partial charge in [0.1, 0.15) is 0 Å². The average molecular weight is 392 g/mol. The van der Waals surface area contributed by atoms with Crippen molar-refractivity contribution in [3.63, 3.8) is 0 Å². The van der Waals surface area contributed by atoms with E-state index in [1.807, 2.05) is 66.9 Å². The molecule has 142 valence electrons. The molecule has 1 saturated heterocycles. The number of rotatable bonds is 6. The van der Waals surface area contributed by atoms with Crippen molar-refractivity contribution >= 4 is 28.9 Å². The van der Waals surface area contributed by atoms with E-state index in [1.165, 1.54) is 0 Å². The summed E-state index contributed by atoms with van der Waals surface area (Å²) in [6.07, 6.45) is 4.01. The third-order valence-electron chi connectivity index (χ3n) is 4.78. The third kappa shape index (κ3) is 3.89. The Bertz CT molecular complexity index is 930. The van der Waals surface area contributed by atoms with Crippen LogP contribution in [0.25, 0.3) is 0 Å². The predicted octanol–water partition coefficient (Wildman–Crippen LogP) is 3.41. The van der Waals surface area contributed by atoms with Gasteiger partial charge in [0.2, 0.25) is 5.91 Å². The van der Waals surface area contributed by atoms with Crippen molar-refractivity contribution in [2.75, 3.05) is 11.9 Å². The molecular weight excluding hydrogens is 370 g/mol. The van der Waals surface area contributed by atoms with Crippen molar-refractivity contribution in [2.24, 2.45) is 0 Å². The van der Waals surface area contributed by atoms with Crippen molar-refractivity contribution in [2.45, 2.75) is 18.5 Å². The van der Waals surface area contributed by atoms with E-state index in [9.17, 15) is 4.79 Å². The molecule has 4 rings (SSSR count). The van der Waals surface area contributed by atoms with Gasteiger partial charge in [0.05, 0.1) is 17.8 Å². The second-order valence-corrected chi connectivity index (χ2v) is 7.00. The molecule has 0 saturated carbocycles. The summed E-state index contributed by atoms with van der Waals surface area (Å²) in [5.74, 6) is -0.0412. The summed E-state index contributed by atoms with van der Waals surface area (Å²) in [7, 11) is 0. The van der Waals surface area contributed by atoms with E-state index in [2.05, 4.69) is 25.5 Å². The number of anilines is 1. The smallest absolute Gasteiger partial charge is 0.226 e. The number of para-hydroxylation sites is 1. The second kappa shape index (κ2) is 8.22. The van der Waals surface area contributed by atoms with Crippen LogP contribution in [-0.2, 0) is 4.79 Å². The number of aromatic nitrogens is 2. The molecule has 3 N–H and O–H groups in total. The molecule has 1 aliphatic heterocycles. The molecule has 0 unspecified atom stereocenters.